The highest BCUT2D eigenvalue weighted by Gasteiger charge is 2.40. The maximum Gasteiger partial charge on any atom is 0.411 e. The van der Waals surface area contributed by atoms with Crippen LogP contribution in [-0.2, 0) is 9.53 Å². The molecule has 0 saturated carbocycles. The van der Waals surface area contributed by atoms with E-state index < -0.39 is 23.8 Å². The smallest absolute Gasteiger partial charge is 0.411 e. The lowest BCUT2D eigenvalue weighted by molar-refractivity contribution is -0.133. The number of hydrogen-bond acceptors (Lipinski definition) is 4. The van der Waals surface area contributed by atoms with E-state index in [0.717, 1.165) is 0 Å². The van der Waals surface area contributed by atoms with Crippen molar-refractivity contribution in [2.75, 3.05) is 13.2 Å². The molecule has 0 bridgehead atoms. The SMILES string of the molecule is CC(C)[C@H]1C(=O)N[C@@H](CO)CN1C(=O)OC(C)(C)C. The number of aliphatic hydroxyl groups is 1. The lowest BCUT2D eigenvalue weighted by Gasteiger charge is -2.41. The first-order valence-corrected chi connectivity index (χ1v) is 6.56. The van der Waals surface area contributed by atoms with E-state index in [0.29, 0.717) is 0 Å². The van der Waals surface area contributed by atoms with Gasteiger partial charge in [-0.15, -0.1) is 0 Å². The Morgan fingerprint density at radius 2 is 2.11 bits per heavy atom. The van der Waals surface area contributed by atoms with Crippen LogP contribution in [0, 0.1) is 5.92 Å². The molecule has 0 radical (unpaired) electrons. The third-order valence-corrected chi connectivity index (χ3v) is 2.85. The summed E-state index contributed by atoms with van der Waals surface area (Å²) in [6, 6.07) is -0.993. The summed E-state index contributed by atoms with van der Waals surface area (Å²) in [7, 11) is 0. The topological polar surface area (TPSA) is 78.9 Å². The molecule has 2 N–H and O–H groups in total. The number of ether oxygens (including phenoxy) is 1. The first-order valence-electron chi connectivity index (χ1n) is 6.56. The number of rotatable bonds is 2. The number of carbonyl (C=O) groups is 2. The van der Waals surface area contributed by atoms with Gasteiger partial charge in [0.2, 0.25) is 5.91 Å². The van der Waals surface area contributed by atoms with Gasteiger partial charge in [-0.1, -0.05) is 13.8 Å². The predicted octanol–water partition coefficient (Wildman–Crippen LogP) is 0.739. The number of amides is 2. The zero-order valence-corrected chi connectivity index (χ0v) is 12.3. The molecule has 1 aliphatic rings. The van der Waals surface area contributed by atoms with Crippen molar-refractivity contribution >= 4 is 12.0 Å². The van der Waals surface area contributed by atoms with Crippen LogP contribution in [-0.4, -0.2) is 52.8 Å². The first kappa shape index (κ1) is 15.8. The fourth-order valence-corrected chi connectivity index (χ4v) is 2.10. The minimum Gasteiger partial charge on any atom is -0.444 e. The number of aliphatic hydroxyl groups excluding tert-OH is 1. The van der Waals surface area contributed by atoms with Crippen molar-refractivity contribution in [3.05, 3.63) is 0 Å². The summed E-state index contributed by atoms with van der Waals surface area (Å²) in [5, 5.41) is 11.9. The fraction of sp³-hybridized carbons (Fsp3) is 0.846. The molecule has 6 nitrogen and oxygen atoms in total. The average Bonchev–Trinajstić information content (AvgIpc) is 2.24. The van der Waals surface area contributed by atoms with E-state index in [4.69, 9.17) is 4.74 Å². The van der Waals surface area contributed by atoms with Crippen LogP contribution in [0.5, 0.6) is 0 Å². The lowest BCUT2D eigenvalue weighted by atomic mass is 9.98. The second kappa shape index (κ2) is 5.77. The molecule has 0 spiro atoms. The van der Waals surface area contributed by atoms with Gasteiger partial charge in [-0.2, -0.15) is 0 Å². The minimum atomic E-state index is -0.610. The van der Waals surface area contributed by atoms with Gasteiger partial charge in [0, 0.05) is 6.54 Å². The molecular formula is C13H24N2O4. The van der Waals surface area contributed by atoms with E-state index in [1.165, 1.54) is 4.90 Å². The molecular weight excluding hydrogens is 248 g/mol. The normalized spacial score (nSPS) is 24.4. The number of carbonyl (C=O) groups excluding carboxylic acids is 2. The second-order valence-corrected chi connectivity index (χ2v) is 6.21. The van der Waals surface area contributed by atoms with Gasteiger partial charge in [0.05, 0.1) is 12.6 Å². The summed E-state index contributed by atoms with van der Waals surface area (Å²) in [6.07, 6.45) is -0.514. The van der Waals surface area contributed by atoms with E-state index in [9.17, 15) is 14.7 Å². The Hall–Kier alpha value is -1.30. The monoisotopic (exact) mass is 272 g/mol. The molecule has 0 aromatic carbocycles. The molecule has 1 saturated heterocycles. The van der Waals surface area contributed by atoms with E-state index >= 15 is 0 Å². The minimum absolute atomic E-state index is 0.0211. The van der Waals surface area contributed by atoms with E-state index in [2.05, 4.69) is 5.32 Å². The highest BCUT2D eigenvalue weighted by molar-refractivity contribution is 5.87. The van der Waals surface area contributed by atoms with Crippen molar-refractivity contribution in [2.45, 2.75) is 52.3 Å². The molecule has 1 heterocycles. The third-order valence-electron chi connectivity index (χ3n) is 2.85. The highest BCUT2D eigenvalue weighted by Crippen LogP contribution is 2.20. The van der Waals surface area contributed by atoms with Crippen LogP contribution < -0.4 is 5.32 Å². The summed E-state index contributed by atoms with van der Waals surface area (Å²) in [6.45, 7) is 9.16. The molecule has 6 heteroatoms. The van der Waals surface area contributed by atoms with Gasteiger partial charge >= 0.3 is 6.09 Å². The van der Waals surface area contributed by atoms with Crippen LogP contribution >= 0.6 is 0 Å². The largest absolute Gasteiger partial charge is 0.444 e. The van der Waals surface area contributed by atoms with Gasteiger partial charge < -0.3 is 15.2 Å². The number of piperazine rings is 1. The molecule has 110 valence electrons. The lowest BCUT2D eigenvalue weighted by Crippen LogP contribution is -2.64. The van der Waals surface area contributed by atoms with Gasteiger partial charge in [-0.05, 0) is 26.7 Å². The number of nitrogens with one attached hydrogen (secondary N) is 1. The molecule has 0 unspecified atom stereocenters. The van der Waals surface area contributed by atoms with Crippen molar-refractivity contribution in [3.63, 3.8) is 0 Å². The quantitative estimate of drug-likeness (QED) is 0.777. The van der Waals surface area contributed by atoms with Crippen LogP contribution in [0.1, 0.15) is 34.6 Å². The van der Waals surface area contributed by atoms with Crippen molar-refractivity contribution in [1.82, 2.24) is 10.2 Å². The Morgan fingerprint density at radius 1 is 1.53 bits per heavy atom. The molecule has 1 aliphatic heterocycles. The second-order valence-electron chi connectivity index (χ2n) is 6.21. The van der Waals surface area contributed by atoms with E-state index in [-0.39, 0.29) is 25.0 Å². The molecule has 0 aliphatic carbocycles. The van der Waals surface area contributed by atoms with E-state index in [1.807, 2.05) is 13.8 Å². The van der Waals surface area contributed by atoms with Crippen LogP contribution in [0.15, 0.2) is 0 Å². The van der Waals surface area contributed by atoms with Crippen LogP contribution in [0.25, 0.3) is 0 Å². The fourth-order valence-electron chi connectivity index (χ4n) is 2.10. The van der Waals surface area contributed by atoms with Gasteiger partial charge in [-0.25, -0.2) is 4.79 Å². The maximum absolute atomic E-state index is 12.2. The first-order chi connectivity index (χ1) is 8.65. The number of hydrogen-bond donors (Lipinski definition) is 2. The third kappa shape index (κ3) is 4.09. The van der Waals surface area contributed by atoms with Crippen molar-refractivity contribution in [3.8, 4) is 0 Å². The molecule has 2 atom stereocenters. The van der Waals surface area contributed by atoms with Gasteiger partial charge in [0.25, 0.3) is 0 Å². The Kier molecular flexibility index (Phi) is 4.79. The molecule has 1 fully saturated rings. The summed E-state index contributed by atoms with van der Waals surface area (Å²) in [5.41, 5.74) is -0.610. The summed E-state index contributed by atoms with van der Waals surface area (Å²) in [4.78, 5) is 25.6. The molecule has 2 amide bonds. The molecule has 19 heavy (non-hydrogen) atoms. The Morgan fingerprint density at radius 3 is 2.53 bits per heavy atom. The highest BCUT2D eigenvalue weighted by atomic mass is 16.6. The van der Waals surface area contributed by atoms with Crippen molar-refractivity contribution < 1.29 is 19.4 Å². The summed E-state index contributed by atoms with van der Waals surface area (Å²) >= 11 is 0. The van der Waals surface area contributed by atoms with Gasteiger partial charge in [0.15, 0.2) is 0 Å². The zero-order chi connectivity index (χ0) is 14.8. The van der Waals surface area contributed by atoms with E-state index in [1.54, 1.807) is 20.8 Å². The van der Waals surface area contributed by atoms with Gasteiger partial charge in [0.1, 0.15) is 11.6 Å². The van der Waals surface area contributed by atoms with Crippen molar-refractivity contribution in [1.29, 1.82) is 0 Å². The maximum atomic E-state index is 12.2. The average molecular weight is 272 g/mol. The standard InChI is InChI=1S/C13H24N2O4/c1-8(2)10-11(17)14-9(7-16)6-15(10)12(18)19-13(3,4)5/h8-10,16H,6-7H2,1-5H3,(H,14,17)/t9-,10+/m1/s1. The zero-order valence-electron chi connectivity index (χ0n) is 12.3. The molecule has 0 aromatic heterocycles. The number of nitrogens with zero attached hydrogens (tertiary/aromatic N) is 1. The van der Waals surface area contributed by atoms with Crippen molar-refractivity contribution in [2.24, 2.45) is 5.92 Å². The Bertz CT molecular complexity index is 349. The Balaban J connectivity index is 2.90. The molecule has 0 aromatic rings. The predicted molar refractivity (Wildman–Crippen MR) is 70.6 cm³/mol. The molecule has 1 rings (SSSR count). The summed E-state index contributed by atoms with van der Waals surface area (Å²) < 4.78 is 5.32. The van der Waals surface area contributed by atoms with Crippen LogP contribution in [0.4, 0.5) is 4.79 Å². The Labute approximate surface area is 114 Å². The summed E-state index contributed by atoms with van der Waals surface area (Å²) in [5.74, 6) is -0.265. The van der Waals surface area contributed by atoms with Gasteiger partial charge in [-0.3, -0.25) is 9.69 Å². The van der Waals surface area contributed by atoms with Crippen LogP contribution in [0.2, 0.25) is 0 Å². The van der Waals surface area contributed by atoms with Crippen LogP contribution in [0.3, 0.4) is 0 Å².